The molecule has 0 bridgehead atoms. The number of nitrogens with zero attached hydrogens (tertiary/aromatic N) is 2. The van der Waals surface area contributed by atoms with Crippen LogP contribution < -0.4 is 5.43 Å². The molecule has 1 fully saturated rings. The minimum atomic E-state index is 0.559. The van der Waals surface area contributed by atoms with Crippen molar-refractivity contribution in [2.24, 2.45) is 10.9 Å². The summed E-state index contributed by atoms with van der Waals surface area (Å²) in [5, 5.41) is 0. The van der Waals surface area contributed by atoms with E-state index >= 15 is 0 Å². The highest BCUT2D eigenvalue weighted by Crippen LogP contribution is 2.29. The Morgan fingerprint density at radius 2 is 2.44 bits per heavy atom. The van der Waals surface area contributed by atoms with E-state index in [0.29, 0.717) is 5.92 Å². The Kier molecular flexibility index (Phi) is 1.69. The lowest BCUT2D eigenvalue weighted by atomic mass is 10.4. The normalized spacial score (nSPS) is 18.9. The van der Waals surface area contributed by atoms with Crippen molar-refractivity contribution in [2.75, 3.05) is 7.05 Å². The Labute approximate surface area is 54.6 Å². The molecule has 3 nitrogen and oxygen atoms in total. The molecule has 48 valence electrons. The second kappa shape index (κ2) is 2.49. The van der Waals surface area contributed by atoms with Gasteiger partial charge in [-0.3, -0.25) is 4.99 Å². The molecule has 0 saturated heterocycles. The molecule has 0 spiro atoms. The van der Waals surface area contributed by atoms with E-state index in [1.54, 1.807) is 7.05 Å². The SMILES string of the molecule is [C-]#[N+]NC(=NC)C1CC1. The second-order valence-corrected chi connectivity index (χ2v) is 2.11. The van der Waals surface area contributed by atoms with Gasteiger partial charge in [-0.15, -0.1) is 0 Å². The average Bonchev–Trinajstić information content (AvgIpc) is 2.64. The molecule has 3 heteroatoms. The van der Waals surface area contributed by atoms with Crippen molar-refractivity contribution in [3.63, 3.8) is 0 Å². The molecule has 0 radical (unpaired) electrons. The van der Waals surface area contributed by atoms with Gasteiger partial charge >= 0.3 is 0 Å². The second-order valence-electron chi connectivity index (χ2n) is 2.11. The van der Waals surface area contributed by atoms with Gasteiger partial charge in [-0.2, -0.15) is 11.5 Å². The number of rotatable bonds is 1. The Morgan fingerprint density at radius 3 is 2.78 bits per heavy atom. The number of hydrogen-bond acceptors (Lipinski definition) is 1. The summed E-state index contributed by atoms with van der Waals surface area (Å²) >= 11 is 0. The molecular formula is C6H9N3. The maximum atomic E-state index is 6.49. The highest BCUT2D eigenvalue weighted by molar-refractivity contribution is 5.86. The fourth-order valence-corrected chi connectivity index (χ4v) is 0.738. The van der Waals surface area contributed by atoms with Crippen LogP contribution in [0.15, 0.2) is 4.99 Å². The predicted molar refractivity (Wildman–Crippen MR) is 35.8 cm³/mol. The lowest BCUT2D eigenvalue weighted by molar-refractivity contribution is 1.06. The molecule has 1 rings (SSSR count). The molecule has 0 aromatic carbocycles. The summed E-state index contributed by atoms with van der Waals surface area (Å²) in [4.78, 5) is 6.97. The number of hydrogen-bond donors (Lipinski definition) is 1. The Morgan fingerprint density at radius 1 is 1.78 bits per heavy atom. The average molecular weight is 123 g/mol. The molecule has 1 saturated carbocycles. The third-order valence-electron chi connectivity index (χ3n) is 1.38. The zero-order valence-electron chi connectivity index (χ0n) is 5.39. The van der Waals surface area contributed by atoms with Crippen molar-refractivity contribution in [3.8, 4) is 0 Å². The summed E-state index contributed by atoms with van der Waals surface area (Å²) in [7, 11) is 1.71. The van der Waals surface area contributed by atoms with E-state index in [1.165, 1.54) is 12.8 Å². The van der Waals surface area contributed by atoms with Crippen LogP contribution in [0, 0.1) is 12.5 Å². The van der Waals surface area contributed by atoms with E-state index in [9.17, 15) is 0 Å². The minimum absolute atomic E-state index is 0.559. The number of nitrogens with one attached hydrogen (secondary N) is 1. The summed E-state index contributed by atoms with van der Waals surface area (Å²) in [6.07, 6.45) is 2.38. The molecule has 0 amide bonds. The highest BCUT2D eigenvalue weighted by Gasteiger charge is 2.28. The Balaban J connectivity index is 2.41. The fraction of sp³-hybridized carbons (Fsp3) is 0.667. The van der Waals surface area contributed by atoms with Crippen molar-refractivity contribution in [3.05, 3.63) is 11.5 Å². The maximum Gasteiger partial charge on any atom is 0.173 e. The minimum Gasteiger partial charge on any atom is -0.270 e. The maximum absolute atomic E-state index is 6.49. The molecule has 0 aliphatic heterocycles. The molecule has 0 atom stereocenters. The summed E-state index contributed by atoms with van der Waals surface area (Å²) in [6.45, 7) is 6.49. The Bertz CT molecular complexity index is 162. The van der Waals surface area contributed by atoms with E-state index < -0.39 is 0 Å². The van der Waals surface area contributed by atoms with E-state index in [-0.39, 0.29) is 0 Å². The van der Waals surface area contributed by atoms with Crippen LogP contribution in [0.1, 0.15) is 12.8 Å². The van der Waals surface area contributed by atoms with Gasteiger partial charge in [-0.05, 0) is 12.8 Å². The number of aliphatic imine (C=N–C) groups is 1. The smallest absolute Gasteiger partial charge is 0.173 e. The van der Waals surface area contributed by atoms with Crippen LogP contribution in [0.25, 0.3) is 4.95 Å². The molecular weight excluding hydrogens is 114 g/mol. The van der Waals surface area contributed by atoms with Gasteiger partial charge in [-0.1, -0.05) is 5.43 Å². The summed E-state index contributed by atoms with van der Waals surface area (Å²) < 4.78 is 0. The summed E-state index contributed by atoms with van der Waals surface area (Å²) in [6, 6.07) is 0. The van der Waals surface area contributed by atoms with Crippen LogP contribution in [-0.2, 0) is 0 Å². The standard InChI is InChI=1S/C6H9N3/c1-7-6(9-8-2)5-3-4-5/h5H,3-4H2,1H3,(H,7,9). The fourth-order valence-electron chi connectivity index (χ4n) is 0.738. The van der Waals surface area contributed by atoms with Gasteiger partial charge in [0.25, 0.3) is 0 Å². The van der Waals surface area contributed by atoms with E-state index in [0.717, 1.165) is 5.84 Å². The van der Waals surface area contributed by atoms with Gasteiger partial charge in [0, 0.05) is 13.0 Å². The van der Waals surface area contributed by atoms with Crippen LogP contribution in [0.5, 0.6) is 0 Å². The van der Waals surface area contributed by atoms with Crippen LogP contribution in [0.3, 0.4) is 0 Å². The van der Waals surface area contributed by atoms with E-state index in [1.807, 2.05) is 0 Å². The van der Waals surface area contributed by atoms with Crippen LogP contribution in [-0.4, -0.2) is 12.9 Å². The van der Waals surface area contributed by atoms with Gasteiger partial charge < -0.3 is 0 Å². The van der Waals surface area contributed by atoms with Crippen molar-refractivity contribution >= 4 is 5.84 Å². The lowest BCUT2D eigenvalue weighted by Gasteiger charge is -1.91. The van der Waals surface area contributed by atoms with Crippen LogP contribution >= 0.6 is 0 Å². The molecule has 0 unspecified atom stereocenters. The monoisotopic (exact) mass is 123 g/mol. The van der Waals surface area contributed by atoms with Crippen molar-refractivity contribution in [1.29, 1.82) is 0 Å². The van der Waals surface area contributed by atoms with Gasteiger partial charge in [0.05, 0.1) is 0 Å². The lowest BCUT2D eigenvalue weighted by Crippen LogP contribution is -2.17. The quantitative estimate of drug-likeness (QED) is 0.238. The first-order valence-corrected chi connectivity index (χ1v) is 2.97. The van der Waals surface area contributed by atoms with Crippen molar-refractivity contribution in [2.45, 2.75) is 12.8 Å². The largest absolute Gasteiger partial charge is 0.270 e. The molecule has 0 aromatic heterocycles. The van der Waals surface area contributed by atoms with Gasteiger partial charge in [-0.25, -0.2) is 0 Å². The predicted octanol–water partition coefficient (Wildman–Crippen LogP) is 0.849. The van der Waals surface area contributed by atoms with E-state index in [2.05, 4.69) is 15.4 Å². The Hall–Kier alpha value is -1.04. The molecule has 0 aromatic rings. The summed E-state index contributed by atoms with van der Waals surface area (Å²) in [5.74, 6) is 1.41. The first kappa shape index (κ1) is 6.09. The highest BCUT2D eigenvalue weighted by atomic mass is 15.3. The topological polar surface area (TPSA) is 28.8 Å². The van der Waals surface area contributed by atoms with Gasteiger partial charge in [0.15, 0.2) is 5.84 Å². The van der Waals surface area contributed by atoms with Crippen LogP contribution in [0.4, 0.5) is 0 Å². The third kappa shape index (κ3) is 1.43. The zero-order valence-corrected chi connectivity index (χ0v) is 5.39. The zero-order chi connectivity index (χ0) is 6.69. The van der Waals surface area contributed by atoms with E-state index in [4.69, 9.17) is 6.57 Å². The van der Waals surface area contributed by atoms with Crippen LogP contribution in [0.2, 0.25) is 0 Å². The summed E-state index contributed by atoms with van der Waals surface area (Å²) in [5.41, 5.74) is 2.54. The van der Waals surface area contributed by atoms with Gasteiger partial charge in [0.1, 0.15) is 0 Å². The molecule has 1 N–H and O–H groups in total. The molecule has 1 aliphatic carbocycles. The molecule has 0 heterocycles. The molecule has 1 aliphatic rings. The first-order valence-electron chi connectivity index (χ1n) is 2.97. The van der Waals surface area contributed by atoms with Crippen molar-refractivity contribution < 1.29 is 0 Å². The van der Waals surface area contributed by atoms with Gasteiger partial charge in [0.2, 0.25) is 0 Å². The third-order valence-corrected chi connectivity index (χ3v) is 1.38. The number of amidine groups is 1. The first-order chi connectivity index (χ1) is 4.38. The molecule has 9 heavy (non-hydrogen) atoms. The van der Waals surface area contributed by atoms with Crippen molar-refractivity contribution in [1.82, 2.24) is 5.43 Å².